The van der Waals surface area contributed by atoms with Crippen LogP contribution in [0.5, 0.6) is 0 Å². The third-order valence-corrected chi connectivity index (χ3v) is 3.45. The Balaban J connectivity index is 1.73. The second-order valence-corrected chi connectivity index (χ2v) is 5.10. The molecule has 0 saturated heterocycles. The van der Waals surface area contributed by atoms with Crippen LogP contribution < -0.4 is 5.32 Å². The lowest BCUT2D eigenvalue weighted by atomic mass is 9.82. The van der Waals surface area contributed by atoms with Crippen LogP contribution in [0.4, 0.5) is 4.39 Å². The van der Waals surface area contributed by atoms with Crippen molar-refractivity contribution >= 4 is 0 Å². The molecule has 0 aromatic heterocycles. The molecule has 94 valence electrons. The summed E-state index contributed by atoms with van der Waals surface area (Å²) in [7, 11) is 0. The van der Waals surface area contributed by atoms with Gasteiger partial charge in [0.1, 0.15) is 5.82 Å². The van der Waals surface area contributed by atoms with Crippen molar-refractivity contribution in [2.45, 2.75) is 38.3 Å². The summed E-state index contributed by atoms with van der Waals surface area (Å²) in [5.41, 5.74) is 0.765. The van der Waals surface area contributed by atoms with E-state index in [4.69, 9.17) is 0 Å². The fourth-order valence-electron chi connectivity index (χ4n) is 2.30. The lowest BCUT2D eigenvalue weighted by Gasteiger charge is -2.32. The van der Waals surface area contributed by atoms with E-state index in [1.807, 2.05) is 12.1 Å². The molecule has 1 unspecified atom stereocenters. The van der Waals surface area contributed by atoms with Gasteiger partial charge in [0.15, 0.2) is 0 Å². The van der Waals surface area contributed by atoms with Crippen molar-refractivity contribution in [2.75, 3.05) is 6.54 Å². The maximum absolute atomic E-state index is 13.4. The molecule has 0 heterocycles. The molecule has 1 aliphatic rings. The highest BCUT2D eigenvalue weighted by atomic mass is 19.1. The predicted molar refractivity (Wildman–Crippen MR) is 66.3 cm³/mol. The second-order valence-electron chi connectivity index (χ2n) is 5.10. The predicted octanol–water partition coefficient (Wildman–Crippen LogP) is 2.12. The number of aliphatic hydroxyl groups excluding tert-OH is 1. The van der Waals surface area contributed by atoms with Crippen LogP contribution in [0.15, 0.2) is 24.3 Å². The summed E-state index contributed by atoms with van der Waals surface area (Å²) in [6, 6.07) is 7.19. The van der Waals surface area contributed by atoms with Gasteiger partial charge in [-0.15, -0.1) is 0 Å². The van der Waals surface area contributed by atoms with Crippen molar-refractivity contribution in [3.63, 3.8) is 0 Å². The first-order chi connectivity index (χ1) is 8.15. The third kappa shape index (κ3) is 3.51. The molecule has 0 spiro atoms. The van der Waals surface area contributed by atoms with Crippen LogP contribution in [0.1, 0.15) is 25.3 Å². The van der Waals surface area contributed by atoms with Crippen LogP contribution in [0.3, 0.4) is 0 Å². The number of hydrogen-bond acceptors (Lipinski definition) is 2. The average Bonchev–Trinajstić information content (AvgIpc) is 2.26. The molecule has 0 bridgehead atoms. The molecule has 0 radical (unpaired) electrons. The summed E-state index contributed by atoms with van der Waals surface area (Å²) in [5.74, 6) is 0.466. The normalized spacial score (nSPS) is 25.4. The highest BCUT2D eigenvalue weighted by Crippen LogP contribution is 2.26. The highest BCUT2D eigenvalue weighted by molar-refractivity contribution is 5.18. The molecule has 17 heavy (non-hydrogen) atoms. The summed E-state index contributed by atoms with van der Waals surface area (Å²) in [4.78, 5) is 0. The van der Waals surface area contributed by atoms with Gasteiger partial charge >= 0.3 is 0 Å². The summed E-state index contributed by atoms with van der Waals surface area (Å²) in [6.07, 6.45) is 2.42. The molecule has 0 aliphatic heterocycles. The molecule has 2 rings (SSSR count). The maximum Gasteiger partial charge on any atom is 0.126 e. The smallest absolute Gasteiger partial charge is 0.126 e. The van der Waals surface area contributed by atoms with E-state index in [-0.39, 0.29) is 18.0 Å². The van der Waals surface area contributed by atoms with Gasteiger partial charge in [-0.1, -0.05) is 18.2 Å². The number of aliphatic hydroxyl groups is 1. The average molecular weight is 237 g/mol. The van der Waals surface area contributed by atoms with E-state index in [2.05, 4.69) is 12.2 Å². The molecule has 1 atom stereocenters. The van der Waals surface area contributed by atoms with Crippen molar-refractivity contribution in [2.24, 2.45) is 5.92 Å². The number of rotatable bonds is 5. The Labute approximate surface area is 102 Å². The van der Waals surface area contributed by atoms with Gasteiger partial charge in [-0.3, -0.25) is 0 Å². The van der Waals surface area contributed by atoms with E-state index in [1.165, 1.54) is 6.07 Å². The van der Waals surface area contributed by atoms with Gasteiger partial charge in [0.25, 0.3) is 0 Å². The molecule has 1 aromatic rings. The minimum absolute atomic E-state index is 0.0938. The van der Waals surface area contributed by atoms with Gasteiger partial charge in [0, 0.05) is 6.04 Å². The summed E-state index contributed by atoms with van der Waals surface area (Å²) >= 11 is 0. The van der Waals surface area contributed by atoms with E-state index < -0.39 is 0 Å². The number of halogens is 1. The van der Waals surface area contributed by atoms with Crippen molar-refractivity contribution in [3.8, 4) is 0 Å². The molecule has 1 fully saturated rings. The minimum atomic E-state index is -0.125. The van der Waals surface area contributed by atoms with Crippen molar-refractivity contribution in [1.29, 1.82) is 0 Å². The standard InChI is InChI=1S/C14H20FNO/c1-10(16-9-11-7-13(17)8-11)6-12-4-2-3-5-14(12)15/h2-5,10-11,13,16-17H,6-9H2,1H3. The van der Waals surface area contributed by atoms with Gasteiger partial charge in [-0.25, -0.2) is 4.39 Å². The molecule has 2 N–H and O–H groups in total. The lowest BCUT2D eigenvalue weighted by molar-refractivity contribution is 0.0421. The minimum Gasteiger partial charge on any atom is -0.393 e. The van der Waals surface area contributed by atoms with E-state index in [0.717, 1.165) is 24.9 Å². The van der Waals surface area contributed by atoms with Gasteiger partial charge in [-0.05, 0) is 50.3 Å². The SMILES string of the molecule is CC(Cc1ccccc1F)NCC1CC(O)C1. The zero-order valence-corrected chi connectivity index (χ0v) is 10.2. The first-order valence-corrected chi connectivity index (χ1v) is 6.30. The van der Waals surface area contributed by atoms with Crippen molar-refractivity contribution in [1.82, 2.24) is 5.32 Å². The molecule has 3 heteroatoms. The Kier molecular flexibility index (Phi) is 4.13. The fourth-order valence-corrected chi connectivity index (χ4v) is 2.30. The zero-order valence-electron chi connectivity index (χ0n) is 10.2. The molecule has 1 aliphatic carbocycles. The number of hydrogen-bond donors (Lipinski definition) is 2. The topological polar surface area (TPSA) is 32.3 Å². The Hall–Kier alpha value is -0.930. The Morgan fingerprint density at radius 3 is 2.76 bits per heavy atom. The number of benzene rings is 1. The quantitative estimate of drug-likeness (QED) is 0.822. The van der Waals surface area contributed by atoms with Crippen LogP contribution in [-0.4, -0.2) is 23.8 Å². The van der Waals surface area contributed by atoms with Crippen molar-refractivity contribution < 1.29 is 9.50 Å². The third-order valence-electron chi connectivity index (χ3n) is 3.45. The van der Waals surface area contributed by atoms with E-state index in [0.29, 0.717) is 12.3 Å². The molecule has 0 amide bonds. The van der Waals surface area contributed by atoms with Gasteiger partial charge in [0.2, 0.25) is 0 Å². The molecule has 1 aromatic carbocycles. The maximum atomic E-state index is 13.4. The lowest BCUT2D eigenvalue weighted by Crippen LogP contribution is -2.40. The first kappa shape index (κ1) is 12.5. The Bertz CT molecular complexity index is 363. The zero-order chi connectivity index (χ0) is 12.3. The second kappa shape index (κ2) is 5.61. The Morgan fingerprint density at radius 2 is 2.12 bits per heavy atom. The molecular weight excluding hydrogens is 217 g/mol. The van der Waals surface area contributed by atoms with Crippen LogP contribution >= 0.6 is 0 Å². The summed E-state index contributed by atoms with van der Waals surface area (Å²) in [6.45, 7) is 2.99. The van der Waals surface area contributed by atoms with Crippen molar-refractivity contribution in [3.05, 3.63) is 35.6 Å². The molecule has 2 nitrogen and oxygen atoms in total. The van der Waals surface area contributed by atoms with E-state index >= 15 is 0 Å². The summed E-state index contributed by atoms with van der Waals surface area (Å²) < 4.78 is 13.4. The van der Waals surface area contributed by atoms with Gasteiger partial charge < -0.3 is 10.4 Å². The largest absolute Gasteiger partial charge is 0.393 e. The van der Waals surface area contributed by atoms with Gasteiger partial charge in [-0.2, -0.15) is 0 Å². The van der Waals surface area contributed by atoms with Crippen LogP contribution in [0.2, 0.25) is 0 Å². The van der Waals surface area contributed by atoms with Gasteiger partial charge in [0.05, 0.1) is 6.10 Å². The van der Waals surface area contributed by atoms with Crippen LogP contribution in [-0.2, 0) is 6.42 Å². The molecular formula is C14H20FNO. The monoisotopic (exact) mass is 237 g/mol. The van der Waals surface area contributed by atoms with E-state index in [1.54, 1.807) is 6.07 Å². The first-order valence-electron chi connectivity index (χ1n) is 6.30. The Morgan fingerprint density at radius 1 is 1.41 bits per heavy atom. The molecule has 1 saturated carbocycles. The summed E-state index contributed by atoms with van der Waals surface area (Å²) in [5, 5.41) is 12.6. The van der Waals surface area contributed by atoms with Crippen LogP contribution in [0.25, 0.3) is 0 Å². The van der Waals surface area contributed by atoms with E-state index in [9.17, 15) is 9.50 Å². The fraction of sp³-hybridized carbons (Fsp3) is 0.571. The van der Waals surface area contributed by atoms with Crippen LogP contribution in [0, 0.1) is 11.7 Å². The highest BCUT2D eigenvalue weighted by Gasteiger charge is 2.26. The number of nitrogens with one attached hydrogen (secondary N) is 1.